The average Bonchev–Trinajstić information content (AvgIpc) is 2.38. The molecule has 0 aliphatic heterocycles. The molecule has 1 aromatic rings. The molecule has 1 aromatic carbocycles. The van der Waals surface area contributed by atoms with E-state index in [0.29, 0.717) is 6.42 Å². The van der Waals surface area contributed by atoms with E-state index in [2.05, 4.69) is 36.5 Å². The van der Waals surface area contributed by atoms with Gasteiger partial charge in [0.15, 0.2) is 0 Å². The summed E-state index contributed by atoms with van der Waals surface area (Å²) >= 11 is 0. The molecular weight excluding hydrogens is 272 g/mol. The number of nitrogens with one attached hydrogen (secondary N) is 1. The summed E-state index contributed by atoms with van der Waals surface area (Å²) in [5.41, 5.74) is 7.97. The Morgan fingerprint density at radius 2 is 1.95 bits per heavy atom. The lowest BCUT2D eigenvalue weighted by Crippen LogP contribution is -2.25. The van der Waals surface area contributed by atoms with Crippen molar-refractivity contribution < 1.29 is 4.79 Å². The van der Waals surface area contributed by atoms with Gasteiger partial charge >= 0.3 is 0 Å². The number of benzene rings is 1. The molecule has 0 fully saturated rings. The van der Waals surface area contributed by atoms with Crippen molar-refractivity contribution in [3.8, 4) is 0 Å². The molecule has 3 N–H and O–H groups in total. The highest BCUT2D eigenvalue weighted by Crippen LogP contribution is 2.04. The second-order valence-electron chi connectivity index (χ2n) is 5.04. The number of hydrogen-bond acceptors (Lipinski definition) is 2. The number of aryl methyl sites for hydroxylation is 1. The van der Waals surface area contributed by atoms with Crippen molar-refractivity contribution in [3.63, 3.8) is 0 Å². The van der Waals surface area contributed by atoms with Gasteiger partial charge in [-0.1, -0.05) is 42.7 Å². The quantitative estimate of drug-likeness (QED) is 0.689. The lowest BCUT2D eigenvalue weighted by atomic mass is 10.1. The Hall–Kier alpha value is -1.06. The fraction of sp³-hybridized carbons (Fsp3) is 0.562. The van der Waals surface area contributed by atoms with E-state index >= 15 is 0 Å². The number of carbonyl (C=O) groups is 1. The Morgan fingerprint density at radius 1 is 1.20 bits per heavy atom. The third kappa shape index (κ3) is 8.94. The molecule has 0 saturated carbocycles. The van der Waals surface area contributed by atoms with Crippen LogP contribution < -0.4 is 11.1 Å². The zero-order valence-corrected chi connectivity index (χ0v) is 13.2. The predicted octanol–water partition coefficient (Wildman–Crippen LogP) is 2.98. The first-order valence-corrected chi connectivity index (χ1v) is 7.24. The molecule has 20 heavy (non-hydrogen) atoms. The van der Waals surface area contributed by atoms with Gasteiger partial charge in [-0.2, -0.15) is 0 Å². The van der Waals surface area contributed by atoms with Crippen molar-refractivity contribution in [3.05, 3.63) is 35.4 Å². The van der Waals surface area contributed by atoms with Crippen molar-refractivity contribution in [2.75, 3.05) is 13.1 Å². The smallest absolute Gasteiger partial charge is 0.220 e. The summed E-state index contributed by atoms with van der Waals surface area (Å²) in [6.45, 7) is 3.57. The van der Waals surface area contributed by atoms with Crippen LogP contribution in [0.15, 0.2) is 24.3 Å². The van der Waals surface area contributed by atoms with Crippen molar-refractivity contribution in [2.45, 2.75) is 45.4 Å². The van der Waals surface area contributed by atoms with E-state index in [9.17, 15) is 4.79 Å². The monoisotopic (exact) mass is 298 g/mol. The molecule has 0 bridgehead atoms. The summed E-state index contributed by atoms with van der Waals surface area (Å²) < 4.78 is 0. The molecule has 0 aromatic heterocycles. The van der Waals surface area contributed by atoms with Gasteiger partial charge in [0.1, 0.15) is 0 Å². The molecular formula is C16H27ClN2O. The SMILES string of the molecule is Cc1cccc(CCNC(=O)CCCCCCN)c1.Cl. The van der Waals surface area contributed by atoms with Crippen molar-refractivity contribution in [1.82, 2.24) is 5.32 Å². The summed E-state index contributed by atoms with van der Waals surface area (Å²) in [5.74, 6) is 0.167. The molecule has 0 spiro atoms. The largest absolute Gasteiger partial charge is 0.356 e. The van der Waals surface area contributed by atoms with Crippen LogP contribution in [0.4, 0.5) is 0 Å². The number of halogens is 1. The Kier molecular flexibility index (Phi) is 11.1. The van der Waals surface area contributed by atoms with Gasteiger partial charge in [-0.25, -0.2) is 0 Å². The number of rotatable bonds is 9. The first-order chi connectivity index (χ1) is 9.22. The van der Waals surface area contributed by atoms with Crippen LogP contribution in [0.5, 0.6) is 0 Å². The van der Waals surface area contributed by atoms with Crippen LogP contribution in [0.1, 0.15) is 43.2 Å². The second-order valence-corrected chi connectivity index (χ2v) is 5.04. The zero-order chi connectivity index (χ0) is 13.9. The van der Waals surface area contributed by atoms with Gasteiger partial charge in [0.25, 0.3) is 0 Å². The highest BCUT2D eigenvalue weighted by atomic mass is 35.5. The average molecular weight is 299 g/mol. The third-order valence-electron chi connectivity index (χ3n) is 3.18. The van der Waals surface area contributed by atoms with E-state index < -0.39 is 0 Å². The number of hydrogen-bond donors (Lipinski definition) is 2. The van der Waals surface area contributed by atoms with Crippen molar-refractivity contribution in [1.29, 1.82) is 0 Å². The number of amides is 1. The van der Waals surface area contributed by atoms with Crippen LogP contribution in [0, 0.1) is 6.92 Å². The maximum Gasteiger partial charge on any atom is 0.220 e. The zero-order valence-electron chi connectivity index (χ0n) is 12.4. The van der Waals surface area contributed by atoms with Crippen LogP contribution in [0.25, 0.3) is 0 Å². The standard InChI is InChI=1S/C16H26N2O.ClH/c1-14-7-6-8-15(13-14)10-12-18-16(19)9-4-2-3-5-11-17;/h6-8,13H,2-5,9-12,17H2,1H3,(H,18,19);1H. The molecule has 3 nitrogen and oxygen atoms in total. The molecule has 0 saturated heterocycles. The third-order valence-corrected chi connectivity index (χ3v) is 3.18. The summed E-state index contributed by atoms with van der Waals surface area (Å²) in [6, 6.07) is 8.41. The Balaban J connectivity index is 0.00000361. The second kappa shape index (κ2) is 11.7. The van der Waals surface area contributed by atoms with Gasteiger partial charge in [0.2, 0.25) is 5.91 Å². The minimum Gasteiger partial charge on any atom is -0.356 e. The minimum absolute atomic E-state index is 0. The van der Waals surface area contributed by atoms with Gasteiger partial charge in [-0.3, -0.25) is 4.79 Å². The molecule has 0 aliphatic rings. The van der Waals surface area contributed by atoms with Crippen LogP contribution >= 0.6 is 12.4 Å². The number of carbonyl (C=O) groups excluding carboxylic acids is 1. The highest BCUT2D eigenvalue weighted by Gasteiger charge is 2.00. The van der Waals surface area contributed by atoms with Gasteiger partial charge in [-0.15, -0.1) is 12.4 Å². The molecule has 1 rings (SSSR count). The Morgan fingerprint density at radius 3 is 2.65 bits per heavy atom. The summed E-state index contributed by atoms with van der Waals surface area (Å²) in [5, 5.41) is 2.98. The first-order valence-electron chi connectivity index (χ1n) is 7.24. The molecule has 0 radical (unpaired) electrons. The van der Waals surface area contributed by atoms with Crippen LogP contribution in [0.3, 0.4) is 0 Å². The topological polar surface area (TPSA) is 55.1 Å². The fourth-order valence-electron chi connectivity index (χ4n) is 2.09. The van der Waals surface area contributed by atoms with Crippen molar-refractivity contribution in [2.24, 2.45) is 5.73 Å². The van der Waals surface area contributed by atoms with Gasteiger partial charge in [0, 0.05) is 13.0 Å². The van der Waals surface area contributed by atoms with E-state index in [-0.39, 0.29) is 18.3 Å². The van der Waals surface area contributed by atoms with E-state index in [4.69, 9.17) is 5.73 Å². The molecule has 0 unspecified atom stereocenters. The maximum atomic E-state index is 11.6. The molecule has 0 aliphatic carbocycles. The molecule has 0 atom stereocenters. The first kappa shape index (κ1) is 18.9. The van der Waals surface area contributed by atoms with E-state index in [0.717, 1.165) is 45.2 Å². The van der Waals surface area contributed by atoms with E-state index in [1.54, 1.807) is 0 Å². The fourth-order valence-corrected chi connectivity index (χ4v) is 2.09. The van der Waals surface area contributed by atoms with Crippen molar-refractivity contribution >= 4 is 18.3 Å². The summed E-state index contributed by atoms with van der Waals surface area (Å²) in [7, 11) is 0. The molecule has 1 amide bonds. The molecule has 4 heteroatoms. The number of nitrogens with two attached hydrogens (primary N) is 1. The summed E-state index contributed by atoms with van der Waals surface area (Å²) in [4.78, 5) is 11.6. The van der Waals surface area contributed by atoms with Gasteiger partial charge in [-0.05, 0) is 38.3 Å². The Bertz CT molecular complexity index is 382. The van der Waals surface area contributed by atoms with Gasteiger partial charge in [0.05, 0.1) is 0 Å². The lowest BCUT2D eigenvalue weighted by Gasteiger charge is -2.06. The minimum atomic E-state index is 0. The molecule has 114 valence electrons. The summed E-state index contributed by atoms with van der Waals surface area (Å²) in [6.07, 6.45) is 5.81. The van der Waals surface area contributed by atoms with Gasteiger partial charge < -0.3 is 11.1 Å². The predicted molar refractivity (Wildman–Crippen MR) is 87.3 cm³/mol. The highest BCUT2D eigenvalue weighted by molar-refractivity contribution is 5.85. The maximum absolute atomic E-state index is 11.6. The van der Waals surface area contributed by atoms with Crippen LogP contribution in [0.2, 0.25) is 0 Å². The van der Waals surface area contributed by atoms with E-state index in [1.165, 1.54) is 11.1 Å². The Labute approximate surface area is 128 Å². The van der Waals surface area contributed by atoms with Crippen LogP contribution in [-0.4, -0.2) is 19.0 Å². The van der Waals surface area contributed by atoms with Crippen LogP contribution in [-0.2, 0) is 11.2 Å². The van der Waals surface area contributed by atoms with E-state index in [1.807, 2.05) is 0 Å². The normalized spacial score (nSPS) is 9.90. The molecule has 0 heterocycles. The number of unbranched alkanes of at least 4 members (excludes halogenated alkanes) is 3. The lowest BCUT2D eigenvalue weighted by molar-refractivity contribution is -0.121.